The Hall–Kier alpha value is -1.88. The Morgan fingerprint density at radius 1 is 1.45 bits per heavy atom. The van der Waals surface area contributed by atoms with Crippen molar-refractivity contribution >= 4 is 22.6 Å². The first-order chi connectivity index (χ1) is 10.7. The van der Waals surface area contributed by atoms with Gasteiger partial charge in [-0.2, -0.15) is 0 Å². The molecule has 116 valence electrons. The van der Waals surface area contributed by atoms with Gasteiger partial charge in [0.05, 0.1) is 29.4 Å². The minimum absolute atomic E-state index is 0.0466. The van der Waals surface area contributed by atoms with Gasteiger partial charge in [-0.25, -0.2) is 4.98 Å². The number of hydrogen-bond acceptors (Lipinski definition) is 3. The van der Waals surface area contributed by atoms with Crippen LogP contribution >= 0.6 is 0 Å². The van der Waals surface area contributed by atoms with Gasteiger partial charge >= 0.3 is 0 Å². The highest BCUT2D eigenvalue weighted by Gasteiger charge is 2.46. The second-order valence-corrected chi connectivity index (χ2v) is 6.22. The van der Waals surface area contributed by atoms with Gasteiger partial charge in [0.2, 0.25) is 5.91 Å². The van der Waals surface area contributed by atoms with E-state index in [1.165, 1.54) is 5.56 Å². The number of carbonyl (C=O) groups excluding carboxylic acids is 1. The van der Waals surface area contributed by atoms with Crippen molar-refractivity contribution in [1.29, 1.82) is 0 Å². The average Bonchev–Trinajstić information content (AvgIpc) is 3.20. The Labute approximate surface area is 129 Å². The second-order valence-electron chi connectivity index (χ2n) is 6.22. The molecule has 5 heteroatoms. The lowest BCUT2D eigenvalue weighted by molar-refractivity contribution is -0.120. The molecule has 0 radical (unpaired) electrons. The number of carbonyl (C=O) groups is 1. The molecule has 0 saturated heterocycles. The number of ether oxygens (including phenoxy) is 1. The molecule has 1 aliphatic heterocycles. The van der Waals surface area contributed by atoms with Gasteiger partial charge < -0.3 is 14.2 Å². The lowest BCUT2D eigenvalue weighted by Crippen LogP contribution is -2.37. The average molecular weight is 299 g/mol. The molecule has 1 saturated carbocycles. The third-order valence-electron chi connectivity index (χ3n) is 4.77. The van der Waals surface area contributed by atoms with Crippen molar-refractivity contribution in [3.05, 3.63) is 24.0 Å². The van der Waals surface area contributed by atoms with E-state index in [-0.39, 0.29) is 17.9 Å². The number of anilines is 1. The first-order valence-electron chi connectivity index (χ1n) is 8.06. The molecule has 1 fully saturated rings. The Balaban J connectivity index is 1.68. The third-order valence-corrected chi connectivity index (χ3v) is 4.77. The molecule has 1 amide bonds. The van der Waals surface area contributed by atoms with Crippen molar-refractivity contribution < 1.29 is 9.53 Å². The fourth-order valence-electron chi connectivity index (χ4n) is 3.54. The van der Waals surface area contributed by atoms with E-state index >= 15 is 0 Å². The highest BCUT2D eigenvalue weighted by Crippen LogP contribution is 2.39. The van der Waals surface area contributed by atoms with Crippen LogP contribution in [0.2, 0.25) is 0 Å². The summed E-state index contributed by atoms with van der Waals surface area (Å²) in [4.78, 5) is 19.3. The first-order valence-corrected chi connectivity index (χ1v) is 8.06. The maximum Gasteiger partial charge on any atom is 0.232 e. The van der Waals surface area contributed by atoms with Crippen molar-refractivity contribution in [3.8, 4) is 0 Å². The Morgan fingerprint density at radius 3 is 3.14 bits per heavy atom. The second kappa shape index (κ2) is 5.09. The van der Waals surface area contributed by atoms with E-state index in [9.17, 15) is 4.79 Å². The van der Waals surface area contributed by atoms with Crippen LogP contribution in [0, 0.1) is 5.92 Å². The van der Waals surface area contributed by atoms with Crippen LogP contribution in [-0.2, 0) is 23.0 Å². The van der Waals surface area contributed by atoms with Crippen LogP contribution in [-0.4, -0.2) is 34.7 Å². The van der Waals surface area contributed by atoms with Gasteiger partial charge in [0.25, 0.3) is 0 Å². The van der Waals surface area contributed by atoms with E-state index in [2.05, 4.69) is 17.1 Å². The standard InChI is InChI=1S/C17H21N3O2/c1-3-22-15-9-12(15)17(21)20-8-4-5-11-13(20)6-7-14-16(11)18-10-19(14)2/h6-7,10,12,15H,3-5,8-9H2,1-2H3. The zero-order valence-corrected chi connectivity index (χ0v) is 13.1. The van der Waals surface area contributed by atoms with Gasteiger partial charge in [0.1, 0.15) is 0 Å². The molecule has 4 rings (SSSR count). The van der Waals surface area contributed by atoms with Gasteiger partial charge in [0.15, 0.2) is 0 Å². The third kappa shape index (κ3) is 2.03. The fourth-order valence-corrected chi connectivity index (χ4v) is 3.54. The molecule has 2 unspecified atom stereocenters. The summed E-state index contributed by atoms with van der Waals surface area (Å²) < 4.78 is 7.61. The molecule has 2 aliphatic rings. The van der Waals surface area contributed by atoms with Crippen LogP contribution in [0.25, 0.3) is 11.0 Å². The highest BCUT2D eigenvalue weighted by atomic mass is 16.5. The molecule has 0 N–H and O–H groups in total. The number of aryl methyl sites for hydroxylation is 2. The Bertz CT molecular complexity index is 737. The molecular formula is C17H21N3O2. The lowest BCUT2D eigenvalue weighted by atomic mass is 9.99. The summed E-state index contributed by atoms with van der Waals surface area (Å²) >= 11 is 0. The van der Waals surface area contributed by atoms with Crippen molar-refractivity contribution in [3.63, 3.8) is 0 Å². The molecule has 0 bridgehead atoms. The Morgan fingerprint density at radius 2 is 2.32 bits per heavy atom. The summed E-state index contributed by atoms with van der Waals surface area (Å²) in [5.74, 6) is 0.264. The lowest BCUT2D eigenvalue weighted by Gasteiger charge is -2.30. The molecular weight excluding hydrogens is 278 g/mol. The van der Waals surface area contributed by atoms with Crippen LogP contribution in [0.3, 0.4) is 0 Å². The van der Waals surface area contributed by atoms with E-state index in [0.717, 1.165) is 42.5 Å². The van der Waals surface area contributed by atoms with Crippen molar-refractivity contribution in [1.82, 2.24) is 9.55 Å². The summed E-state index contributed by atoms with van der Waals surface area (Å²) in [6.07, 6.45) is 4.83. The molecule has 0 spiro atoms. The number of amides is 1. The van der Waals surface area contributed by atoms with Crippen LogP contribution in [0.15, 0.2) is 18.5 Å². The summed E-state index contributed by atoms with van der Waals surface area (Å²) in [6.45, 7) is 3.47. The fraction of sp³-hybridized carbons (Fsp3) is 0.529. The van der Waals surface area contributed by atoms with Crippen LogP contribution in [0.5, 0.6) is 0 Å². The zero-order chi connectivity index (χ0) is 15.3. The van der Waals surface area contributed by atoms with Crippen LogP contribution in [0.4, 0.5) is 5.69 Å². The SMILES string of the molecule is CCOC1CC1C(=O)N1CCCc2c1ccc1c2ncn1C. The highest BCUT2D eigenvalue weighted by molar-refractivity contribution is 6.00. The van der Waals surface area contributed by atoms with E-state index in [0.29, 0.717) is 6.61 Å². The molecule has 1 aromatic carbocycles. The summed E-state index contributed by atoms with van der Waals surface area (Å²) in [5.41, 5.74) is 4.43. The predicted octanol–water partition coefficient (Wildman–Crippen LogP) is 2.28. The summed E-state index contributed by atoms with van der Waals surface area (Å²) in [7, 11) is 2.00. The number of benzene rings is 1. The van der Waals surface area contributed by atoms with Gasteiger partial charge in [-0.05, 0) is 38.3 Å². The first kappa shape index (κ1) is 13.8. The minimum atomic E-state index is 0.0466. The quantitative estimate of drug-likeness (QED) is 0.873. The van der Waals surface area contributed by atoms with E-state index in [1.54, 1.807) is 0 Å². The van der Waals surface area contributed by atoms with Gasteiger partial charge in [-0.3, -0.25) is 4.79 Å². The van der Waals surface area contributed by atoms with E-state index < -0.39 is 0 Å². The normalized spacial score (nSPS) is 23.6. The molecule has 5 nitrogen and oxygen atoms in total. The molecule has 1 aliphatic carbocycles. The van der Waals surface area contributed by atoms with Crippen molar-refractivity contribution in [2.75, 3.05) is 18.1 Å². The van der Waals surface area contributed by atoms with Crippen LogP contribution < -0.4 is 4.90 Å². The van der Waals surface area contributed by atoms with E-state index in [1.807, 2.05) is 29.8 Å². The summed E-state index contributed by atoms with van der Waals surface area (Å²) in [6, 6.07) is 4.15. The number of hydrogen-bond donors (Lipinski definition) is 0. The minimum Gasteiger partial charge on any atom is -0.378 e. The molecule has 2 atom stereocenters. The predicted molar refractivity (Wildman–Crippen MR) is 84.9 cm³/mol. The Kier molecular flexibility index (Phi) is 3.18. The van der Waals surface area contributed by atoms with Crippen molar-refractivity contribution in [2.45, 2.75) is 32.3 Å². The monoisotopic (exact) mass is 299 g/mol. The number of fused-ring (bicyclic) bond motifs is 3. The molecule has 2 aromatic rings. The van der Waals surface area contributed by atoms with Crippen LogP contribution in [0.1, 0.15) is 25.3 Å². The van der Waals surface area contributed by atoms with Crippen molar-refractivity contribution in [2.24, 2.45) is 13.0 Å². The smallest absolute Gasteiger partial charge is 0.232 e. The zero-order valence-electron chi connectivity index (χ0n) is 13.1. The number of aromatic nitrogens is 2. The molecule has 1 aromatic heterocycles. The maximum absolute atomic E-state index is 12.8. The number of nitrogens with zero attached hydrogens (tertiary/aromatic N) is 3. The van der Waals surface area contributed by atoms with Gasteiger partial charge in [0, 0.05) is 31.5 Å². The number of rotatable bonds is 3. The maximum atomic E-state index is 12.8. The topological polar surface area (TPSA) is 47.4 Å². The molecule has 22 heavy (non-hydrogen) atoms. The summed E-state index contributed by atoms with van der Waals surface area (Å²) in [5, 5.41) is 0. The van der Waals surface area contributed by atoms with Gasteiger partial charge in [-0.15, -0.1) is 0 Å². The van der Waals surface area contributed by atoms with E-state index in [4.69, 9.17) is 4.74 Å². The molecule has 2 heterocycles. The van der Waals surface area contributed by atoms with Gasteiger partial charge in [-0.1, -0.05) is 0 Å². The number of imidazole rings is 1. The largest absolute Gasteiger partial charge is 0.378 e.